The molecule has 0 saturated heterocycles. The lowest BCUT2D eigenvalue weighted by atomic mass is 10.1. The molecule has 0 saturated carbocycles. The first-order valence-corrected chi connectivity index (χ1v) is 10.8. The first-order valence-electron chi connectivity index (χ1n) is 9.15. The van der Waals surface area contributed by atoms with Crippen LogP contribution in [0.4, 0.5) is 0 Å². The maximum Gasteiger partial charge on any atom is 0.211 e. The van der Waals surface area contributed by atoms with Crippen LogP contribution in [0.3, 0.4) is 0 Å². The van der Waals surface area contributed by atoms with Gasteiger partial charge >= 0.3 is 0 Å². The van der Waals surface area contributed by atoms with Crippen molar-refractivity contribution in [2.75, 3.05) is 5.75 Å². The summed E-state index contributed by atoms with van der Waals surface area (Å²) in [4.78, 5) is 0. The van der Waals surface area contributed by atoms with E-state index in [-0.39, 0.29) is 5.75 Å². The van der Waals surface area contributed by atoms with Gasteiger partial charge in [-0.3, -0.25) is 0 Å². The maximum absolute atomic E-state index is 11.9. The molecule has 0 aliphatic rings. The summed E-state index contributed by atoms with van der Waals surface area (Å²) < 4.78 is 26.5. The van der Waals surface area contributed by atoms with E-state index in [9.17, 15) is 8.42 Å². The zero-order chi connectivity index (χ0) is 16.8. The van der Waals surface area contributed by atoms with Gasteiger partial charge in [0.05, 0.1) is 5.75 Å². The first-order chi connectivity index (χ1) is 11.1. The molecule has 0 heterocycles. The number of hydrogen-bond donors (Lipinski definition) is 1. The minimum atomic E-state index is -3.14. The first kappa shape index (κ1) is 20.2. The Kier molecular flexibility index (Phi) is 11.0. The van der Waals surface area contributed by atoms with Gasteiger partial charge in [-0.25, -0.2) is 13.1 Å². The van der Waals surface area contributed by atoms with Crippen molar-refractivity contribution in [3.63, 3.8) is 0 Å². The topological polar surface area (TPSA) is 46.2 Å². The Morgan fingerprint density at radius 2 is 1.30 bits per heavy atom. The molecule has 0 unspecified atom stereocenters. The maximum atomic E-state index is 11.9. The Labute approximate surface area is 142 Å². The van der Waals surface area contributed by atoms with Gasteiger partial charge in [0, 0.05) is 6.54 Å². The Balaban J connectivity index is 1.99. The van der Waals surface area contributed by atoms with E-state index in [1.54, 1.807) is 0 Å². The molecule has 1 rings (SSSR count). The fourth-order valence-electron chi connectivity index (χ4n) is 2.64. The monoisotopic (exact) mass is 339 g/mol. The summed E-state index contributed by atoms with van der Waals surface area (Å²) in [6.45, 7) is 2.63. The zero-order valence-corrected chi connectivity index (χ0v) is 15.4. The Bertz CT molecular complexity index is 485. The van der Waals surface area contributed by atoms with Crippen LogP contribution in [0.25, 0.3) is 0 Å². The number of sulfonamides is 1. The van der Waals surface area contributed by atoms with Crippen molar-refractivity contribution in [3.05, 3.63) is 35.9 Å². The van der Waals surface area contributed by atoms with Crippen LogP contribution in [0.15, 0.2) is 30.3 Å². The highest BCUT2D eigenvalue weighted by Crippen LogP contribution is 2.11. The minimum Gasteiger partial charge on any atom is -0.212 e. The molecule has 0 aliphatic heterocycles. The van der Waals surface area contributed by atoms with Gasteiger partial charge in [0.25, 0.3) is 0 Å². The predicted octanol–water partition coefficient (Wildman–Crippen LogP) is 5.03. The fourth-order valence-corrected chi connectivity index (χ4v) is 3.76. The normalized spacial score (nSPS) is 11.7. The second-order valence-corrected chi connectivity index (χ2v) is 8.23. The summed E-state index contributed by atoms with van der Waals surface area (Å²) in [5.41, 5.74) is 0.999. The van der Waals surface area contributed by atoms with Gasteiger partial charge < -0.3 is 0 Å². The van der Waals surface area contributed by atoms with Crippen molar-refractivity contribution in [1.82, 2.24) is 4.72 Å². The molecule has 3 nitrogen and oxygen atoms in total. The van der Waals surface area contributed by atoms with Crippen molar-refractivity contribution >= 4 is 10.0 Å². The molecule has 0 radical (unpaired) electrons. The summed E-state index contributed by atoms with van der Waals surface area (Å²) in [6.07, 6.45) is 12.2. The molecule has 1 aromatic rings. The number of hydrogen-bond acceptors (Lipinski definition) is 2. The summed E-state index contributed by atoms with van der Waals surface area (Å²) in [7, 11) is -3.14. The van der Waals surface area contributed by atoms with Gasteiger partial charge in [0.2, 0.25) is 10.0 Å². The van der Waals surface area contributed by atoms with Crippen LogP contribution >= 0.6 is 0 Å². The van der Waals surface area contributed by atoms with Crippen LogP contribution in [-0.2, 0) is 16.6 Å². The van der Waals surface area contributed by atoms with Crippen LogP contribution in [0.2, 0.25) is 0 Å². The Hall–Kier alpha value is -0.870. The highest BCUT2D eigenvalue weighted by molar-refractivity contribution is 7.89. The van der Waals surface area contributed by atoms with E-state index in [4.69, 9.17) is 0 Å². The van der Waals surface area contributed by atoms with Gasteiger partial charge in [-0.05, 0) is 12.0 Å². The van der Waals surface area contributed by atoms with Crippen LogP contribution in [0.5, 0.6) is 0 Å². The predicted molar refractivity (Wildman–Crippen MR) is 98.9 cm³/mol. The Morgan fingerprint density at radius 1 is 0.783 bits per heavy atom. The number of rotatable bonds is 14. The van der Waals surface area contributed by atoms with Crippen LogP contribution < -0.4 is 4.72 Å². The average molecular weight is 340 g/mol. The molecule has 0 spiro atoms. The molecule has 1 N–H and O–H groups in total. The highest BCUT2D eigenvalue weighted by atomic mass is 32.2. The van der Waals surface area contributed by atoms with Gasteiger partial charge in [-0.1, -0.05) is 95.0 Å². The molecule has 0 aliphatic carbocycles. The lowest BCUT2D eigenvalue weighted by molar-refractivity contribution is 0.554. The molecule has 4 heteroatoms. The average Bonchev–Trinajstić information content (AvgIpc) is 2.56. The molecule has 0 atom stereocenters. The molecule has 23 heavy (non-hydrogen) atoms. The van der Waals surface area contributed by atoms with Crippen molar-refractivity contribution in [3.8, 4) is 0 Å². The number of nitrogens with one attached hydrogen (secondary N) is 1. The number of unbranched alkanes of at least 4 members (excludes halogenated alkanes) is 9. The quantitative estimate of drug-likeness (QED) is 0.483. The summed E-state index contributed by atoms with van der Waals surface area (Å²) >= 11 is 0. The summed E-state index contributed by atoms with van der Waals surface area (Å²) in [5, 5.41) is 0. The van der Waals surface area contributed by atoms with E-state index < -0.39 is 10.0 Å². The smallest absolute Gasteiger partial charge is 0.211 e. The van der Waals surface area contributed by atoms with Crippen LogP contribution in [-0.4, -0.2) is 14.2 Å². The lowest BCUT2D eigenvalue weighted by Crippen LogP contribution is -2.25. The van der Waals surface area contributed by atoms with Crippen LogP contribution in [0, 0.1) is 0 Å². The number of benzene rings is 1. The second kappa shape index (κ2) is 12.5. The lowest BCUT2D eigenvalue weighted by Gasteiger charge is -2.07. The molecule has 0 bridgehead atoms. The molecular formula is C19H33NO2S. The Morgan fingerprint density at radius 3 is 1.87 bits per heavy atom. The van der Waals surface area contributed by atoms with Crippen molar-refractivity contribution < 1.29 is 8.42 Å². The van der Waals surface area contributed by atoms with Crippen molar-refractivity contribution in [2.24, 2.45) is 0 Å². The molecular weight excluding hydrogens is 306 g/mol. The standard InChI is InChI=1S/C19H33NO2S/c1-2-3-4-5-6-7-8-9-10-14-17-23(21,22)20-18-19-15-12-11-13-16-19/h11-13,15-16,20H,2-10,14,17-18H2,1H3. The largest absolute Gasteiger partial charge is 0.212 e. The van der Waals surface area contributed by atoms with E-state index in [2.05, 4.69) is 11.6 Å². The highest BCUT2D eigenvalue weighted by Gasteiger charge is 2.09. The van der Waals surface area contributed by atoms with Gasteiger partial charge in [-0.2, -0.15) is 0 Å². The fraction of sp³-hybridized carbons (Fsp3) is 0.684. The minimum absolute atomic E-state index is 0.246. The second-order valence-electron chi connectivity index (χ2n) is 6.31. The summed E-state index contributed by atoms with van der Waals surface area (Å²) in [5.74, 6) is 0.246. The van der Waals surface area contributed by atoms with E-state index in [1.807, 2.05) is 30.3 Å². The van der Waals surface area contributed by atoms with Crippen molar-refractivity contribution in [1.29, 1.82) is 0 Å². The van der Waals surface area contributed by atoms with Gasteiger partial charge in [-0.15, -0.1) is 0 Å². The summed E-state index contributed by atoms with van der Waals surface area (Å²) in [6, 6.07) is 9.64. The van der Waals surface area contributed by atoms with Gasteiger partial charge in [0.1, 0.15) is 0 Å². The van der Waals surface area contributed by atoms with E-state index in [1.165, 1.54) is 44.9 Å². The van der Waals surface area contributed by atoms with E-state index in [0.717, 1.165) is 24.8 Å². The van der Waals surface area contributed by atoms with Crippen molar-refractivity contribution in [2.45, 2.75) is 77.7 Å². The molecule has 132 valence electrons. The third kappa shape index (κ3) is 11.3. The third-order valence-electron chi connectivity index (χ3n) is 4.11. The molecule has 1 aromatic carbocycles. The SMILES string of the molecule is CCCCCCCCCCCCS(=O)(=O)NCc1ccccc1. The third-order valence-corrected chi connectivity index (χ3v) is 5.52. The molecule has 0 amide bonds. The van der Waals surface area contributed by atoms with E-state index in [0.29, 0.717) is 6.54 Å². The van der Waals surface area contributed by atoms with Gasteiger partial charge in [0.15, 0.2) is 0 Å². The molecule has 0 aromatic heterocycles. The zero-order valence-electron chi connectivity index (χ0n) is 14.6. The molecule has 0 fully saturated rings. The van der Waals surface area contributed by atoms with E-state index >= 15 is 0 Å². The van der Waals surface area contributed by atoms with Crippen LogP contribution in [0.1, 0.15) is 76.7 Å².